The van der Waals surface area contributed by atoms with Gasteiger partial charge in [0.05, 0.1) is 10.7 Å². The molecule has 0 fully saturated rings. The van der Waals surface area contributed by atoms with Crippen molar-refractivity contribution in [1.29, 1.82) is 0 Å². The fourth-order valence-electron chi connectivity index (χ4n) is 1.22. The number of nitrogen functional groups attached to an aromatic ring is 1. The van der Waals surface area contributed by atoms with Gasteiger partial charge in [-0.1, -0.05) is 23.7 Å². The predicted molar refractivity (Wildman–Crippen MR) is 59.3 cm³/mol. The lowest BCUT2D eigenvalue weighted by Gasteiger charge is -2.05. The summed E-state index contributed by atoms with van der Waals surface area (Å²) in [7, 11) is 0. The summed E-state index contributed by atoms with van der Waals surface area (Å²) >= 11 is 5.94. The molecular formula is C10H8ClN3O. The molecule has 76 valence electrons. The molecule has 15 heavy (non-hydrogen) atoms. The summed E-state index contributed by atoms with van der Waals surface area (Å²) in [6, 6.07) is 9.76. The maximum absolute atomic E-state index is 11.5. The molecule has 0 spiro atoms. The van der Waals surface area contributed by atoms with E-state index in [1.54, 1.807) is 24.3 Å². The second-order valence-corrected chi connectivity index (χ2v) is 3.37. The number of halogens is 1. The molecule has 0 amide bonds. The molecule has 0 aliphatic rings. The Balaban J connectivity index is 2.69. The molecular weight excluding hydrogens is 214 g/mol. The van der Waals surface area contributed by atoms with E-state index in [0.717, 1.165) is 0 Å². The van der Waals surface area contributed by atoms with E-state index in [4.69, 9.17) is 17.3 Å². The van der Waals surface area contributed by atoms with Gasteiger partial charge in [0.2, 0.25) is 0 Å². The van der Waals surface area contributed by atoms with E-state index >= 15 is 0 Å². The number of nitrogens with zero attached hydrogens (tertiary/aromatic N) is 2. The quantitative estimate of drug-likeness (QED) is 0.793. The first-order chi connectivity index (χ1) is 7.18. The molecule has 2 N–H and O–H groups in total. The SMILES string of the molecule is Nc1ccc(=O)n(-c2ccccc2Cl)n1. The van der Waals surface area contributed by atoms with Gasteiger partial charge in [0.25, 0.3) is 5.56 Å². The first-order valence-corrected chi connectivity index (χ1v) is 4.67. The lowest BCUT2D eigenvalue weighted by molar-refractivity contribution is 0.815. The summed E-state index contributed by atoms with van der Waals surface area (Å²) in [5.74, 6) is 0.273. The Labute approximate surface area is 90.9 Å². The maximum atomic E-state index is 11.5. The molecule has 2 aromatic rings. The van der Waals surface area contributed by atoms with E-state index in [9.17, 15) is 4.79 Å². The van der Waals surface area contributed by atoms with E-state index < -0.39 is 0 Å². The van der Waals surface area contributed by atoms with Crippen molar-refractivity contribution in [2.24, 2.45) is 0 Å². The number of benzene rings is 1. The maximum Gasteiger partial charge on any atom is 0.271 e. The largest absolute Gasteiger partial charge is 0.382 e. The van der Waals surface area contributed by atoms with Gasteiger partial charge in [-0.25, -0.2) is 0 Å². The smallest absolute Gasteiger partial charge is 0.271 e. The molecule has 0 atom stereocenters. The number of rotatable bonds is 1. The normalized spacial score (nSPS) is 10.2. The van der Waals surface area contributed by atoms with Crippen LogP contribution < -0.4 is 11.3 Å². The number of para-hydroxylation sites is 1. The molecule has 0 saturated heterocycles. The molecule has 0 aliphatic carbocycles. The Morgan fingerprint density at radius 1 is 1.20 bits per heavy atom. The van der Waals surface area contributed by atoms with E-state index in [2.05, 4.69) is 5.10 Å². The molecule has 1 aromatic heterocycles. The standard InChI is InChI=1S/C10H8ClN3O/c11-7-3-1-2-4-8(7)14-10(15)6-5-9(12)13-14/h1-6H,(H2,12,13). The second-order valence-electron chi connectivity index (χ2n) is 2.96. The zero-order chi connectivity index (χ0) is 10.8. The minimum absolute atomic E-state index is 0.266. The van der Waals surface area contributed by atoms with Gasteiger partial charge < -0.3 is 5.73 Å². The Hall–Kier alpha value is -1.81. The lowest BCUT2D eigenvalue weighted by Crippen LogP contribution is -2.21. The lowest BCUT2D eigenvalue weighted by atomic mass is 10.3. The average Bonchev–Trinajstić information content (AvgIpc) is 2.23. The summed E-state index contributed by atoms with van der Waals surface area (Å²) < 4.78 is 1.18. The van der Waals surface area contributed by atoms with E-state index in [1.807, 2.05) is 0 Å². The molecule has 0 bridgehead atoms. The van der Waals surface area contributed by atoms with Crippen molar-refractivity contribution < 1.29 is 0 Å². The fourth-order valence-corrected chi connectivity index (χ4v) is 1.44. The van der Waals surface area contributed by atoms with Gasteiger partial charge >= 0.3 is 0 Å². The van der Waals surface area contributed by atoms with Crippen LogP contribution in [0.1, 0.15) is 0 Å². The third kappa shape index (κ3) is 1.85. The number of aromatic nitrogens is 2. The summed E-state index contributed by atoms with van der Waals surface area (Å²) in [5, 5.41) is 4.36. The highest BCUT2D eigenvalue weighted by molar-refractivity contribution is 6.32. The van der Waals surface area contributed by atoms with Gasteiger partial charge in [-0.05, 0) is 18.2 Å². The summed E-state index contributed by atoms with van der Waals surface area (Å²) in [4.78, 5) is 11.5. The number of nitrogens with two attached hydrogens (primary N) is 1. The molecule has 5 heteroatoms. The zero-order valence-corrected chi connectivity index (χ0v) is 8.48. The highest BCUT2D eigenvalue weighted by Crippen LogP contribution is 2.17. The van der Waals surface area contributed by atoms with Crippen molar-refractivity contribution in [3.05, 3.63) is 51.8 Å². The van der Waals surface area contributed by atoms with Gasteiger partial charge in [-0.2, -0.15) is 4.68 Å². The molecule has 2 rings (SSSR count). The Morgan fingerprint density at radius 2 is 1.93 bits per heavy atom. The first-order valence-electron chi connectivity index (χ1n) is 4.29. The van der Waals surface area contributed by atoms with Crippen molar-refractivity contribution in [3.63, 3.8) is 0 Å². The highest BCUT2D eigenvalue weighted by Gasteiger charge is 2.04. The molecule has 1 aromatic carbocycles. The van der Waals surface area contributed by atoms with Crippen molar-refractivity contribution >= 4 is 17.4 Å². The van der Waals surface area contributed by atoms with Gasteiger partial charge in [-0.3, -0.25) is 4.79 Å². The molecule has 0 unspecified atom stereocenters. The molecule has 1 heterocycles. The molecule has 4 nitrogen and oxygen atoms in total. The monoisotopic (exact) mass is 221 g/mol. The third-order valence-corrected chi connectivity index (χ3v) is 2.22. The highest BCUT2D eigenvalue weighted by atomic mass is 35.5. The second kappa shape index (κ2) is 3.74. The summed E-state index contributed by atoms with van der Waals surface area (Å²) in [5.41, 5.74) is 5.76. The predicted octanol–water partition coefficient (Wildman–Crippen LogP) is 1.47. The first kappa shape index (κ1) is 9.73. The van der Waals surface area contributed by atoms with Crippen LogP contribution in [0.4, 0.5) is 5.82 Å². The Bertz CT molecular complexity index is 550. The molecule has 0 radical (unpaired) electrons. The van der Waals surface area contributed by atoms with Crippen LogP contribution in [0.3, 0.4) is 0 Å². The minimum Gasteiger partial charge on any atom is -0.382 e. The van der Waals surface area contributed by atoms with Crippen LogP contribution in [0.25, 0.3) is 5.69 Å². The van der Waals surface area contributed by atoms with Crippen molar-refractivity contribution in [2.45, 2.75) is 0 Å². The van der Waals surface area contributed by atoms with Crippen LogP contribution in [0, 0.1) is 0 Å². The van der Waals surface area contributed by atoms with Gasteiger partial charge in [0, 0.05) is 6.07 Å². The number of hydrogen-bond donors (Lipinski definition) is 1. The van der Waals surface area contributed by atoms with Crippen molar-refractivity contribution in [1.82, 2.24) is 9.78 Å². The van der Waals surface area contributed by atoms with Crippen LogP contribution in [0.2, 0.25) is 5.02 Å². The van der Waals surface area contributed by atoms with Crippen molar-refractivity contribution in [2.75, 3.05) is 5.73 Å². The van der Waals surface area contributed by atoms with Gasteiger partial charge in [-0.15, -0.1) is 5.10 Å². The Kier molecular flexibility index (Phi) is 2.43. The number of anilines is 1. The zero-order valence-electron chi connectivity index (χ0n) is 7.72. The van der Waals surface area contributed by atoms with Gasteiger partial charge in [0.1, 0.15) is 5.82 Å². The van der Waals surface area contributed by atoms with Gasteiger partial charge in [0.15, 0.2) is 0 Å². The topological polar surface area (TPSA) is 60.9 Å². The third-order valence-electron chi connectivity index (χ3n) is 1.90. The van der Waals surface area contributed by atoms with Crippen LogP contribution in [0.5, 0.6) is 0 Å². The van der Waals surface area contributed by atoms with E-state index in [1.165, 1.54) is 16.8 Å². The van der Waals surface area contributed by atoms with Crippen LogP contribution in [-0.4, -0.2) is 9.78 Å². The van der Waals surface area contributed by atoms with Crippen LogP contribution in [-0.2, 0) is 0 Å². The summed E-state index contributed by atoms with van der Waals surface area (Å²) in [6.45, 7) is 0. The van der Waals surface area contributed by atoms with Crippen LogP contribution in [0.15, 0.2) is 41.2 Å². The molecule has 0 aliphatic heterocycles. The van der Waals surface area contributed by atoms with Crippen LogP contribution >= 0.6 is 11.6 Å². The Morgan fingerprint density at radius 3 is 2.67 bits per heavy atom. The van der Waals surface area contributed by atoms with Crippen molar-refractivity contribution in [3.8, 4) is 5.69 Å². The van der Waals surface area contributed by atoms with E-state index in [-0.39, 0.29) is 11.4 Å². The summed E-state index contributed by atoms with van der Waals surface area (Å²) in [6.07, 6.45) is 0. The van der Waals surface area contributed by atoms with E-state index in [0.29, 0.717) is 10.7 Å². The minimum atomic E-state index is -0.266. The fraction of sp³-hybridized carbons (Fsp3) is 0. The average molecular weight is 222 g/mol. The molecule has 0 saturated carbocycles. The number of hydrogen-bond acceptors (Lipinski definition) is 3.